The predicted molar refractivity (Wildman–Crippen MR) is 84.7 cm³/mol. The van der Waals surface area contributed by atoms with Crippen LogP contribution in [0.15, 0.2) is 58.7 Å². The van der Waals surface area contributed by atoms with Crippen LogP contribution in [0.25, 0.3) is 0 Å². The molecule has 4 nitrogen and oxygen atoms in total. The number of amides is 1. The number of allylic oxidation sites excluding steroid dienone is 2. The lowest BCUT2D eigenvalue weighted by Gasteiger charge is -2.34. The molecule has 3 rings (SSSR count). The number of hydrogen-bond acceptors (Lipinski definition) is 3. The number of carbonyl (C=O) groups excluding carboxylic acids is 1. The smallest absolute Gasteiger partial charge is 0.328 e. The maximum atomic E-state index is 13.5. The number of rotatable bonds is 2. The Bertz CT molecular complexity index is 761. The van der Waals surface area contributed by atoms with Crippen molar-refractivity contribution in [2.75, 3.05) is 0 Å². The molecule has 0 aromatic heterocycles. The van der Waals surface area contributed by atoms with E-state index >= 15 is 0 Å². The second-order valence-corrected chi connectivity index (χ2v) is 6.15. The lowest BCUT2D eigenvalue weighted by atomic mass is 10.1. The van der Waals surface area contributed by atoms with Crippen LogP contribution in [-0.2, 0) is 0 Å². The molecular weight excluding hydrogens is 366 g/mol. The molecule has 2 unspecified atom stereocenters. The highest BCUT2D eigenvalue weighted by Gasteiger charge is 2.65. The SMILES string of the molecule is O=C(NC1N2C=C(Cl)C=CC2=NC1(Cl)C(F)(F)F)c1ccccc1. The number of alkyl halides is 4. The standard InChI is InChI=1S/C15H10Cl2F3N3O/c16-10-6-7-11-22-14(17,15(18,19)20)13(23(11)8-10)21-12(24)9-4-2-1-3-5-9/h1-8,13H,(H,21,24). The first-order valence-corrected chi connectivity index (χ1v) is 7.53. The molecule has 0 fully saturated rings. The molecule has 24 heavy (non-hydrogen) atoms. The summed E-state index contributed by atoms with van der Waals surface area (Å²) in [6.45, 7) is 0. The molecule has 126 valence electrons. The number of fused-ring (bicyclic) bond motifs is 1. The number of nitrogens with one attached hydrogen (secondary N) is 1. The third-order valence-corrected chi connectivity index (χ3v) is 4.27. The molecule has 0 saturated heterocycles. The fraction of sp³-hybridized carbons (Fsp3) is 0.200. The number of aliphatic imine (C=N–C) groups is 1. The van der Waals surface area contributed by atoms with Crippen LogP contribution in [0, 0.1) is 0 Å². The molecule has 1 aromatic rings. The van der Waals surface area contributed by atoms with E-state index in [2.05, 4.69) is 10.3 Å². The van der Waals surface area contributed by atoms with Gasteiger partial charge in [-0.15, -0.1) is 0 Å². The summed E-state index contributed by atoms with van der Waals surface area (Å²) in [5.74, 6) is -0.740. The van der Waals surface area contributed by atoms with Gasteiger partial charge in [-0.2, -0.15) is 13.2 Å². The normalized spacial score (nSPS) is 25.9. The summed E-state index contributed by atoms with van der Waals surface area (Å²) in [4.78, 5) is 13.9. The zero-order valence-corrected chi connectivity index (χ0v) is 13.4. The Hall–Kier alpha value is -1.99. The molecule has 0 spiro atoms. The van der Waals surface area contributed by atoms with Crippen molar-refractivity contribution in [1.29, 1.82) is 0 Å². The van der Waals surface area contributed by atoms with Gasteiger partial charge in [-0.25, -0.2) is 4.99 Å². The highest BCUT2D eigenvalue weighted by Crippen LogP contribution is 2.46. The number of benzene rings is 1. The Kier molecular flexibility index (Phi) is 4.09. The van der Waals surface area contributed by atoms with E-state index in [1.54, 1.807) is 18.2 Å². The van der Waals surface area contributed by atoms with E-state index in [1.165, 1.54) is 30.5 Å². The van der Waals surface area contributed by atoms with Crippen LogP contribution < -0.4 is 5.32 Å². The van der Waals surface area contributed by atoms with Gasteiger partial charge in [0.05, 0.1) is 5.03 Å². The quantitative estimate of drug-likeness (QED) is 0.633. The number of hydrogen-bond donors (Lipinski definition) is 1. The summed E-state index contributed by atoms with van der Waals surface area (Å²) >= 11 is 11.6. The largest absolute Gasteiger partial charge is 0.431 e. The lowest BCUT2D eigenvalue weighted by Crippen LogP contribution is -2.59. The number of amidine groups is 1. The van der Waals surface area contributed by atoms with Crippen molar-refractivity contribution in [3.63, 3.8) is 0 Å². The fourth-order valence-corrected chi connectivity index (χ4v) is 2.79. The average Bonchev–Trinajstić information content (AvgIpc) is 2.81. The van der Waals surface area contributed by atoms with Crippen LogP contribution in [0.3, 0.4) is 0 Å². The van der Waals surface area contributed by atoms with Gasteiger partial charge in [0, 0.05) is 11.8 Å². The molecule has 0 radical (unpaired) electrons. The summed E-state index contributed by atoms with van der Waals surface area (Å²) in [5, 5.41) is 2.49. The van der Waals surface area contributed by atoms with Gasteiger partial charge >= 0.3 is 6.18 Å². The molecule has 2 heterocycles. The molecule has 0 saturated carbocycles. The molecule has 0 aliphatic carbocycles. The van der Waals surface area contributed by atoms with Gasteiger partial charge in [-0.1, -0.05) is 41.4 Å². The molecular formula is C15H10Cl2F3N3O. The summed E-state index contributed by atoms with van der Waals surface area (Å²) in [7, 11) is 0. The zero-order chi connectivity index (χ0) is 17.5. The second-order valence-electron chi connectivity index (χ2n) is 5.14. The van der Waals surface area contributed by atoms with Crippen molar-refractivity contribution in [3.05, 3.63) is 59.3 Å². The van der Waals surface area contributed by atoms with Crippen LogP contribution in [-0.4, -0.2) is 34.0 Å². The third kappa shape index (κ3) is 2.78. The van der Waals surface area contributed by atoms with Crippen molar-refractivity contribution in [2.45, 2.75) is 17.3 Å². The maximum Gasteiger partial charge on any atom is 0.431 e. The van der Waals surface area contributed by atoms with Gasteiger partial charge in [0.25, 0.3) is 10.9 Å². The number of nitrogens with zero attached hydrogens (tertiary/aromatic N) is 2. The van der Waals surface area contributed by atoms with Crippen molar-refractivity contribution in [2.24, 2.45) is 4.99 Å². The molecule has 1 N–H and O–H groups in total. The summed E-state index contributed by atoms with van der Waals surface area (Å²) < 4.78 is 40.5. The lowest BCUT2D eigenvalue weighted by molar-refractivity contribution is -0.168. The Morgan fingerprint density at radius 3 is 2.54 bits per heavy atom. The van der Waals surface area contributed by atoms with E-state index in [0.29, 0.717) is 0 Å². The molecule has 2 atom stereocenters. The molecule has 9 heteroatoms. The Balaban J connectivity index is 1.97. The van der Waals surface area contributed by atoms with Crippen molar-refractivity contribution in [1.82, 2.24) is 10.2 Å². The predicted octanol–water partition coefficient (Wildman–Crippen LogP) is 3.60. The zero-order valence-electron chi connectivity index (χ0n) is 11.9. The van der Waals surface area contributed by atoms with E-state index in [9.17, 15) is 18.0 Å². The Morgan fingerprint density at radius 1 is 1.25 bits per heavy atom. The number of carbonyl (C=O) groups is 1. The van der Waals surface area contributed by atoms with Crippen LogP contribution in [0.5, 0.6) is 0 Å². The minimum absolute atomic E-state index is 0.0370. The summed E-state index contributed by atoms with van der Waals surface area (Å²) in [6.07, 6.45) is -2.61. The van der Waals surface area contributed by atoms with E-state index in [4.69, 9.17) is 23.2 Å². The molecule has 2 aliphatic rings. The second kappa shape index (κ2) is 5.82. The summed E-state index contributed by atoms with van der Waals surface area (Å²) in [6, 6.07) is 7.85. The highest BCUT2D eigenvalue weighted by atomic mass is 35.5. The monoisotopic (exact) mass is 375 g/mol. The average molecular weight is 376 g/mol. The molecule has 1 aromatic carbocycles. The first kappa shape index (κ1) is 16.9. The molecule has 0 bridgehead atoms. The first-order chi connectivity index (χ1) is 11.2. The van der Waals surface area contributed by atoms with Crippen LogP contribution in [0.4, 0.5) is 13.2 Å². The molecule has 1 amide bonds. The molecule has 2 aliphatic heterocycles. The topological polar surface area (TPSA) is 44.7 Å². The van der Waals surface area contributed by atoms with Crippen molar-refractivity contribution >= 4 is 34.9 Å². The minimum Gasteiger partial charge on any atom is -0.328 e. The van der Waals surface area contributed by atoms with Gasteiger partial charge < -0.3 is 10.2 Å². The van der Waals surface area contributed by atoms with Gasteiger partial charge in [-0.3, -0.25) is 4.79 Å². The highest BCUT2D eigenvalue weighted by molar-refractivity contribution is 6.32. The fourth-order valence-electron chi connectivity index (χ4n) is 2.38. The van der Waals surface area contributed by atoms with Crippen molar-refractivity contribution < 1.29 is 18.0 Å². The van der Waals surface area contributed by atoms with E-state index in [1.807, 2.05) is 0 Å². The minimum atomic E-state index is -4.89. The van der Waals surface area contributed by atoms with Gasteiger partial charge in [0.2, 0.25) is 0 Å². The Labute approximate surface area is 145 Å². The van der Waals surface area contributed by atoms with Crippen LogP contribution in [0.2, 0.25) is 0 Å². The van der Waals surface area contributed by atoms with Gasteiger partial charge in [0.1, 0.15) is 5.84 Å². The van der Waals surface area contributed by atoms with E-state index in [-0.39, 0.29) is 16.4 Å². The van der Waals surface area contributed by atoms with E-state index in [0.717, 1.165) is 4.90 Å². The van der Waals surface area contributed by atoms with Crippen LogP contribution in [0.1, 0.15) is 10.4 Å². The van der Waals surface area contributed by atoms with Gasteiger partial charge in [-0.05, 0) is 24.3 Å². The third-order valence-electron chi connectivity index (χ3n) is 3.54. The summed E-state index contributed by atoms with van der Waals surface area (Å²) in [5.41, 5.74) is 0.203. The van der Waals surface area contributed by atoms with E-state index < -0.39 is 23.2 Å². The van der Waals surface area contributed by atoms with Gasteiger partial charge in [0.15, 0.2) is 6.17 Å². The van der Waals surface area contributed by atoms with Crippen LogP contribution >= 0.6 is 23.2 Å². The first-order valence-electron chi connectivity index (χ1n) is 6.77. The Morgan fingerprint density at radius 2 is 1.92 bits per heavy atom. The number of halogens is 5. The maximum absolute atomic E-state index is 13.5. The van der Waals surface area contributed by atoms with Crippen molar-refractivity contribution in [3.8, 4) is 0 Å².